The number of hydrogen-bond acceptors (Lipinski definition) is 4. The molecule has 0 heterocycles. The van der Waals surface area contributed by atoms with Crippen molar-refractivity contribution in [3.8, 4) is 0 Å². The molecule has 0 aliphatic heterocycles. The number of alkyl halides is 1. The highest BCUT2D eigenvalue weighted by atomic mass is 79.9. The van der Waals surface area contributed by atoms with Crippen LogP contribution >= 0.6 is 27.7 Å². The van der Waals surface area contributed by atoms with E-state index in [0.29, 0.717) is 11.6 Å². The Morgan fingerprint density at radius 3 is 2.91 bits per heavy atom. The van der Waals surface area contributed by atoms with Crippen LogP contribution in [0.25, 0.3) is 0 Å². The van der Waals surface area contributed by atoms with Gasteiger partial charge in [0.15, 0.2) is 0 Å². The molecule has 0 saturated carbocycles. The molecular weight excluding hydrogens is 232 g/mol. The SMILES string of the molecule is CSC(=C[N+](=O)[O-])NCCBr. The topological polar surface area (TPSA) is 55.2 Å². The molecule has 0 spiro atoms. The van der Waals surface area contributed by atoms with Gasteiger partial charge in [0.05, 0.1) is 4.92 Å². The Morgan fingerprint density at radius 1 is 1.91 bits per heavy atom. The largest absolute Gasteiger partial charge is 0.374 e. The zero-order valence-corrected chi connectivity index (χ0v) is 8.44. The fraction of sp³-hybridized carbons (Fsp3) is 0.600. The van der Waals surface area contributed by atoms with Gasteiger partial charge in [0, 0.05) is 11.9 Å². The van der Waals surface area contributed by atoms with Crippen LogP contribution < -0.4 is 5.32 Å². The maximum Gasteiger partial charge on any atom is 0.263 e. The lowest BCUT2D eigenvalue weighted by Crippen LogP contribution is -2.14. The first-order valence-electron chi connectivity index (χ1n) is 2.90. The smallest absolute Gasteiger partial charge is 0.263 e. The normalized spacial score (nSPS) is 11.3. The first-order valence-corrected chi connectivity index (χ1v) is 5.24. The third-order valence-corrected chi connectivity index (χ3v) is 1.92. The second-order valence-electron chi connectivity index (χ2n) is 1.60. The van der Waals surface area contributed by atoms with Gasteiger partial charge in [-0.3, -0.25) is 10.1 Å². The molecule has 0 fully saturated rings. The summed E-state index contributed by atoms with van der Waals surface area (Å²) < 4.78 is 0. The van der Waals surface area contributed by atoms with Crippen LogP contribution in [0.5, 0.6) is 0 Å². The van der Waals surface area contributed by atoms with Crippen LogP contribution in [-0.4, -0.2) is 23.1 Å². The quantitative estimate of drug-likeness (QED) is 0.449. The summed E-state index contributed by atoms with van der Waals surface area (Å²) in [6.07, 6.45) is 2.75. The third-order valence-electron chi connectivity index (χ3n) is 0.836. The van der Waals surface area contributed by atoms with Crippen LogP contribution in [0.4, 0.5) is 0 Å². The van der Waals surface area contributed by atoms with Crippen molar-refractivity contribution in [3.63, 3.8) is 0 Å². The Hall–Kier alpha value is -0.230. The summed E-state index contributed by atoms with van der Waals surface area (Å²) in [5.41, 5.74) is 0. The third kappa shape index (κ3) is 6.18. The van der Waals surface area contributed by atoms with E-state index in [2.05, 4.69) is 21.2 Å². The van der Waals surface area contributed by atoms with E-state index in [1.165, 1.54) is 11.8 Å². The minimum atomic E-state index is -0.465. The minimum Gasteiger partial charge on any atom is -0.374 e. The van der Waals surface area contributed by atoms with Gasteiger partial charge in [-0.05, 0) is 6.26 Å². The number of nitrogens with one attached hydrogen (secondary N) is 1. The van der Waals surface area contributed by atoms with Gasteiger partial charge >= 0.3 is 0 Å². The van der Waals surface area contributed by atoms with Crippen LogP contribution in [0.2, 0.25) is 0 Å². The maximum atomic E-state index is 10.00. The van der Waals surface area contributed by atoms with Crippen molar-refractivity contribution in [1.29, 1.82) is 0 Å². The van der Waals surface area contributed by atoms with E-state index in [9.17, 15) is 10.1 Å². The summed E-state index contributed by atoms with van der Waals surface area (Å²) in [7, 11) is 0. The highest BCUT2D eigenvalue weighted by molar-refractivity contribution is 9.09. The molecule has 0 rings (SSSR count). The Kier molecular flexibility index (Phi) is 6.34. The summed E-state index contributed by atoms with van der Waals surface area (Å²) >= 11 is 4.53. The van der Waals surface area contributed by atoms with Gasteiger partial charge in [-0.1, -0.05) is 15.9 Å². The van der Waals surface area contributed by atoms with Gasteiger partial charge in [0.25, 0.3) is 6.20 Å². The lowest BCUT2D eigenvalue weighted by atomic mass is 10.7. The predicted octanol–water partition coefficient (Wildman–Crippen LogP) is 1.41. The average molecular weight is 241 g/mol. The van der Waals surface area contributed by atoms with E-state index < -0.39 is 4.92 Å². The first kappa shape index (κ1) is 10.8. The average Bonchev–Trinajstić information content (AvgIpc) is 1.97. The van der Waals surface area contributed by atoms with Gasteiger partial charge in [-0.2, -0.15) is 0 Å². The van der Waals surface area contributed by atoms with E-state index in [-0.39, 0.29) is 0 Å². The molecule has 0 aromatic rings. The van der Waals surface area contributed by atoms with Gasteiger partial charge in [0.2, 0.25) is 0 Å². The molecular formula is C5H9BrN2O2S. The van der Waals surface area contributed by atoms with Crippen LogP contribution in [0.15, 0.2) is 11.2 Å². The predicted molar refractivity (Wildman–Crippen MR) is 50.4 cm³/mol. The second-order valence-corrected chi connectivity index (χ2v) is 3.24. The van der Waals surface area contributed by atoms with Crippen molar-refractivity contribution in [3.05, 3.63) is 21.3 Å². The summed E-state index contributed by atoms with van der Waals surface area (Å²) in [4.78, 5) is 9.53. The zero-order valence-electron chi connectivity index (χ0n) is 6.04. The van der Waals surface area contributed by atoms with Crippen molar-refractivity contribution in [1.82, 2.24) is 5.32 Å². The van der Waals surface area contributed by atoms with Crippen molar-refractivity contribution in [2.45, 2.75) is 0 Å². The standard InChI is InChI=1S/C5H9BrN2O2S/c1-11-5(4-8(9)10)7-3-2-6/h4,7H,2-3H2,1H3. The van der Waals surface area contributed by atoms with Gasteiger partial charge in [0.1, 0.15) is 5.03 Å². The van der Waals surface area contributed by atoms with Crippen LogP contribution in [0.1, 0.15) is 0 Å². The Balaban J connectivity index is 3.84. The number of nitrogens with zero attached hydrogens (tertiary/aromatic N) is 1. The molecule has 0 unspecified atom stereocenters. The van der Waals surface area contributed by atoms with E-state index in [0.717, 1.165) is 11.5 Å². The lowest BCUT2D eigenvalue weighted by Gasteiger charge is -2.01. The molecule has 1 N–H and O–H groups in total. The summed E-state index contributed by atoms with van der Waals surface area (Å²) in [5, 5.41) is 14.2. The number of nitro groups is 1. The van der Waals surface area contributed by atoms with E-state index in [1.54, 1.807) is 6.26 Å². The zero-order chi connectivity index (χ0) is 8.69. The van der Waals surface area contributed by atoms with E-state index >= 15 is 0 Å². The monoisotopic (exact) mass is 240 g/mol. The molecule has 0 aromatic carbocycles. The number of halogens is 1. The molecule has 4 nitrogen and oxygen atoms in total. The first-order chi connectivity index (χ1) is 5.20. The van der Waals surface area contributed by atoms with E-state index in [4.69, 9.17) is 0 Å². The minimum absolute atomic E-state index is 0.465. The maximum absolute atomic E-state index is 10.00. The fourth-order valence-electron chi connectivity index (χ4n) is 0.437. The molecule has 11 heavy (non-hydrogen) atoms. The van der Waals surface area contributed by atoms with E-state index in [1.807, 2.05) is 0 Å². The summed E-state index contributed by atoms with van der Waals surface area (Å²) in [5.74, 6) is 0. The van der Waals surface area contributed by atoms with Crippen molar-refractivity contribution in [2.24, 2.45) is 0 Å². The molecule has 0 bridgehead atoms. The highest BCUT2D eigenvalue weighted by Crippen LogP contribution is 2.06. The van der Waals surface area contributed by atoms with Crippen molar-refractivity contribution in [2.75, 3.05) is 18.1 Å². The van der Waals surface area contributed by atoms with Crippen LogP contribution in [0.3, 0.4) is 0 Å². The molecule has 0 radical (unpaired) electrons. The molecule has 0 amide bonds. The molecule has 0 atom stereocenters. The summed E-state index contributed by atoms with van der Waals surface area (Å²) in [6.45, 7) is 0.695. The van der Waals surface area contributed by atoms with Gasteiger partial charge < -0.3 is 5.32 Å². The fourth-order valence-corrected chi connectivity index (χ4v) is 1.07. The Morgan fingerprint density at radius 2 is 2.55 bits per heavy atom. The molecule has 0 aliphatic carbocycles. The summed E-state index contributed by atoms with van der Waals surface area (Å²) in [6, 6.07) is 0. The molecule has 0 saturated heterocycles. The molecule has 0 aromatic heterocycles. The Labute approximate surface area is 77.7 Å². The van der Waals surface area contributed by atoms with Gasteiger partial charge in [-0.15, -0.1) is 11.8 Å². The highest BCUT2D eigenvalue weighted by Gasteiger charge is 1.98. The van der Waals surface area contributed by atoms with Crippen molar-refractivity contribution < 1.29 is 4.92 Å². The lowest BCUT2D eigenvalue weighted by molar-refractivity contribution is -0.403. The number of hydrogen-bond donors (Lipinski definition) is 1. The molecule has 64 valence electrons. The number of thioether (sulfide) groups is 1. The van der Waals surface area contributed by atoms with Crippen LogP contribution in [-0.2, 0) is 0 Å². The second kappa shape index (κ2) is 6.48. The molecule has 0 aliphatic rings. The molecule has 6 heteroatoms. The Bertz CT molecular complexity index is 163. The number of rotatable bonds is 5. The van der Waals surface area contributed by atoms with Crippen molar-refractivity contribution >= 4 is 27.7 Å². The van der Waals surface area contributed by atoms with Gasteiger partial charge in [-0.25, -0.2) is 0 Å². The van der Waals surface area contributed by atoms with Crippen LogP contribution in [0, 0.1) is 10.1 Å².